The summed E-state index contributed by atoms with van der Waals surface area (Å²) < 4.78 is 86.9. The smallest absolute Gasteiger partial charge is 0.367 e. The van der Waals surface area contributed by atoms with Gasteiger partial charge in [-0.1, -0.05) is 0 Å². The van der Waals surface area contributed by atoms with E-state index >= 15 is 0 Å². The van der Waals surface area contributed by atoms with Gasteiger partial charge in [-0.3, -0.25) is 0 Å². The molecule has 0 aliphatic rings. The monoisotopic (exact) mass is 265 g/mol. The molecule has 1 aromatic heterocycles. The third-order valence-electron chi connectivity index (χ3n) is 2.03. The molecule has 17 heavy (non-hydrogen) atoms. The van der Waals surface area contributed by atoms with Crippen molar-refractivity contribution in [1.82, 2.24) is 4.98 Å². The number of aromatic nitrogens is 1. The molecule has 2 nitrogen and oxygen atoms in total. The maximum absolute atomic E-state index is 13.3. The van der Waals surface area contributed by atoms with Crippen molar-refractivity contribution in [2.75, 3.05) is 0 Å². The zero-order chi connectivity index (χ0) is 13.5. The van der Waals surface area contributed by atoms with Gasteiger partial charge in [0, 0.05) is 18.0 Å². The molecule has 2 unspecified atom stereocenters. The van der Waals surface area contributed by atoms with Crippen LogP contribution in [0.5, 0.6) is 0 Å². The van der Waals surface area contributed by atoms with Crippen LogP contribution in [0.2, 0.25) is 0 Å². The van der Waals surface area contributed by atoms with Crippen molar-refractivity contribution < 1.29 is 35.8 Å². The van der Waals surface area contributed by atoms with Crippen molar-refractivity contribution in [1.29, 1.82) is 0 Å². The Morgan fingerprint density at radius 1 is 1.12 bits per heavy atom. The fourth-order valence-electron chi connectivity index (χ4n) is 1.10. The minimum atomic E-state index is -5.99. The summed E-state index contributed by atoms with van der Waals surface area (Å²) in [7, 11) is 0. The topological polar surface area (TPSA) is 36.0 Å². The van der Waals surface area contributed by atoms with Crippen LogP contribution in [0.4, 0.5) is 30.7 Å². The third kappa shape index (κ3) is 2.24. The zero-order valence-corrected chi connectivity index (χ0v) is 7.90. The number of alkyl halides is 7. The fraction of sp³-hybridized carbons (Fsp3) is 0.500. The summed E-state index contributed by atoms with van der Waals surface area (Å²) in [6.07, 6.45) is -9.42. The molecule has 0 bridgehead atoms. The second-order valence-corrected chi connectivity index (χ2v) is 3.25. The number of rotatable bonds is 3. The van der Waals surface area contributed by atoms with Crippen LogP contribution < -0.4 is 0 Å². The Morgan fingerprint density at radius 3 is 2.00 bits per heavy atom. The van der Waals surface area contributed by atoms with Crippen LogP contribution >= 0.6 is 0 Å². The Hall–Kier alpha value is -1.25. The van der Waals surface area contributed by atoms with Crippen LogP contribution in [0.1, 0.15) is 5.56 Å². The quantitative estimate of drug-likeness (QED) is 0.810. The number of halogens is 7. The van der Waals surface area contributed by atoms with Crippen LogP contribution in [0.3, 0.4) is 0 Å². The van der Waals surface area contributed by atoms with Gasteiger partial charge in [-0.05, 0) is 6.07 Å². The Labute approximate surface area is 90.1 Å². The molecule has 0 saturated carbocycles. The minimum Gasteiger partial charge on any atom is -0.367 e. The van der Waals surface area contributed by atoms with Crippen molar-refractivity contribution >= 4 is 0 Å². The average Bonchev–Trinajstić information content (AvgIpc) is 2.67. The van der Waals surface area contributed by atoms with Gasteiger partial charge in [0.2, 0.25) is 0 Å². The van der Waals surface area contributed by atoms with Gasteiger partial charge in [0.25, 0.3) is 6.17 Å². The Morgan fingerprint density at radius 2 is 1.65 bits per heavy atom. The normalized spacial score (nSPS) is 18.8. The van der Waals surface area contributed by atoms with E-state index in [1.165, 1.54) is 0 Å². The summed E-state index contributed by atoms with van der Waals surface area (Å²) in [5.74, 6) is -10.4. The largest absolute Gasteiger partial charge is 0.425 e. The summed E-state index contributed by atoms with van der Waals surface area (Å²) in [5, 5.41) is 8.76. The lowest BCUT2D eigenvalue weighted by atomic mass is 9.99. The SMILES string of the molecule is OC(F)(c1cc[nH]c1)C(F)(F)C(F)C(F)(F)F. The van der Waals surface area contributed by atoms with Crippen molar-refractivity contribution in [3.63, 3.8) is 0 Å². The number of hydrogen-bond acceptors (Lipinski definition) is 1. The molecule has 0 aliphatic heterocycles. The first kappa shape index (κ1) is 13.8. The van der Waals surface area contributed by atoms with Gasteiger partial charge in [0.15, 0.2) is 0 Å². The summed E-state index contributed by atoms with van der Waals surface area (Å²) in [6.45, 7) is 0. The molecule has 2 N–H and O–H groups in total. The van der Waals surface area contributed by atoms with Crippen molar-refractivity contribution in [2.45, 2.75) is 24.1 Å². The maximum Gasteiger partial charge on any atom is 0.425 e. The average molecular weight is 265 g/mol. The Kier molecular flexibility index (Phi) is 3.17. The van der Waals surface area contributed by atoms with E-state index in [0.29, 0.717) is 12.3 Å². The highest BCUT2D eigenvalue weighted by molar-refractivity contribution is 5.19. The van der Waals surface area contributed by atoms with Crippen LogP contribution in [-0.4, -0.2) is 28.4 Å². The van der Waals surface area contributed by atoms with E-state index in [9.17, 15) is 30.7 Å². The Bertz CT molecular complexity index is 370. The van der Waals surface area contributed by atoms with E-state index in [-0.39, 0.29) is 0 Å². The van der Waals surface area contributed by atoms with Gasteiger partial charge < -0.3 is 10.1 Å². The van der Waals surface area contributed by atoms with E-state index in [1.807, 2.05) is 4.98 Å². The third-order valence-corrected chi connectivity index (χ3v) is 2.03. The highest BCUT2D eigenvalue weighted by Crippen LogP contribution is 2.47. The maximum atomic E-state index is 13.3. The molecule has 98 valence electrons. The first-order valence-electron chi connectivity index (χ1n) is 4.14. The molecule has 0 amide bonds. The second-order valence-electron chi connectivity index (χ2n) is 3.25. The van der Waals surface area contributed by atoms with E-state index in [0.717, 1.165) is 6.20 Å². The molecule has 1 rings (SSSR count). The van der Waals surface area contributed by atoms with Crippen LogP contribution in [0.25, 0.3) is 0 Å². The molecule has 0 aromatic carbocycles. The molecule has 1 aromatic rings. The predicted molar refractivity (Wildman–Crippen MR) is 41.7 cm³/mol. The first-order valence-corrected chi connectivity index (χ1v) is 4.14. The molecule has 0 aliphatic carbocycles. The fourth-order valence-corrected chi connectivity index (χ4v) is 1.10. The lowest BCUT2D eigenvalue weighted by molar-refractivity contribution is -0.333. The molecule has 1 heterocycles. The molecular weight excluding hydrogens is 259 g/mol. The number of nitrogens with one attached hydrogen (secondary N) is 1. The molecule has 2 atom stereocenters. The molecule has 0 fully saturated rings. The van der Waals surface area contributed by atoms with E-state index in [4.69, 9.17) is 5.11 Å². The van der Waals surface area contributed by atoms with Gasteiger partial charge in [-0.2, -0.15) is 26.3 Å². The van der Waals surface area contributed by atoms with Gasteiger partial charge in [-0.25, -0.2) is 4.39 Å². The highest BCUT2D eigenvalue weighted by atomic mass is 19.4. The van der Waals surface area contributed by atoms with Crippen LogP contribution in [0, 0.1) is 0 Å². The summed E-state index contributed by atoms with van der Waals surface area (Å²) >= 11 is 0. The van der Waals surface area contributed by atoms with Crippen molar-refractivity contribution in [2.24, 2.45) is 0 Å². The molecule has 0 spiro atoms. The zero-order valence-electron chi connectivity index (χ0n) is 7.90. The Balaban J connectivity index is 3.13. The van der Waals surface area contributed by atoms with Gasteiger partial charge in [0.1, 0.15) is 0 Å². The molecule has 0 saturated heterocycles. The van der Waals surface area contributed by atoms with Crippen LogP contribution in [-0.2, 0) is 5.85 Å². The summed E-state index contributed by atoms with van der Waals surface area (Å²) in [5.41, 5.74) is -1.20. The van der Waals surface area contributed by atoms with Crippen molar-refractivity contribution in [3.05, 3.63) is 24.0 Å². The van der Waals surface area contributed by atoms with E-state index < -0.39 is 29.7 Å². The van der Waals surface area contributed by atoms with E-state index in [1.54, 1.807) is 0 Å². The van der Waals surface area contributed by atoms with Crippen molar-refractivity contribution in [3.8, 4) is 0 Å². The van der Waals surface area contributed by atoms with Gasteiger partial charge >= 0.3 is 18.0 Å². The minimum absolute atomic E-state index is 0.497. The molecule has 9 heteroatoms. The molecule has 0 radical (unpaired) electrons. The lowest BCUT2D eigenvalue weighted by Crippen LogP contribution is -2.53. The predicted octanol–water partition coefficient (Wildman–Crippen LogP) is 2.67. The first-order chi connectivity index (χ1) is 7.51. The standard InChI is InChI=1S/C8H6F7NO/c9-5(8(13,14)15)6(10,11)7(12,17)4-1-2-16-3-4/h1-3,5,16-17H. The highest BCUT2D eigenvalue weighted by Gasteiger charge is 2.68. The second kappa shape index (κ2) is 3.90. The number of aliphatic hydroxyl groups is 1. The number of hydrogen-bond donors (Lipinski definition) is 2. The number of aromatic amines is 1. The summed E-state index contributed by atoms with van der Waals surface area (Å²) in [6, 6.07) is 0.566. The van der Waals surface area contributed by atoms with E-state index in [2.05, 4.69) is 0 Å². The van der Waals surface area contributed by atoms with Gasteiger partial charge in [-0.15, -0.1) is 0 Å². The lowest BCUT2D eigenvalue weighted by Gasteiger charge is -2.31. The number of H-pyrrole nitrogens is 1. The van der Waals surface area contributed by atoms with Gasteiger partial charge in [0.05, 0.1) is 0 Å². The summed E-state index contributed by atoms with van der Waals surface area (Å²) in [4.78, 5) is 2.05. The van der Waals surface area contributed by atoms with Crippen LogP contribution in [0.15, 0.2) is 18.5 Å². The molecular formula is C8H6F7NO.